The Bertz CT molecular complexity index is 856. The first-order chi connectivity index (χ1) is 13.0. The number of anilines is 1. The third-order valence-electron chi connectivity index (χ3n) is 6.74. The summed E-state index contributed by atoms with van der Waals surface area (Å²) >= 11 is 12.1. The van der Waals surface area contributed by atoms with E-state index in [1.807, 2.05) is 23.0 Å². The van der Waals surface area contributed by atoms with Crippen LogP contribution in [0.1, 0.15) is 44.1 Å². The second kappa shape index (κ2) is 6.52. The van der Waals surface area contributed by atoms with Crippen molar-refractivity contribution in [2.75, 3.05) is 5.32 Å². The molecule has 0 unspecified atom stereocenters. The second-order valence-corrected chi connectivity index (χ2v) is 9.64. The summed E-state index contributed by atoms with van der Waals surface area (Å²) in [5.41, 5.74) is 1.66. The van der Waals surface area contributed by atoms with Crippen LogP contribution < -0.4 is 5.32 Å². The van der Waals surface area contributed by atoms with E-state index >= 15 is 0 Å². The summed E-state index contributed by atoms with van der Waals surface area (Å²) < 4.78 is 1.81. The van der Waals surface area contributed by atoms with Crippen LogP contribution in [-0.4, -0.2) is 15.7 Å². The zero-order chi connectivity index (χ0) is 18.6. The van der Waals surface area contributed by atoms with Gasteiger partial charge in [0.15, 0.2) is 0 Å². The smallest absolute Gasteiger partial charge is 0.230 e. The summed E-state index contributed by atoms with van der Waals surface area (Å²) in [7, 11) is 0. The van der Waals surface area contributed by atoms with Gasteiger partial charge in [0.05, 0.1) is 33.9 Å². The van der Waals surface area contributed by atoms with Crippen molar-refractivity contribution in [2.45, 2.75) is 45.1 Å². The highest BCUT2D eigenvalue weighted by Crippen LogP contribution is 2.60. The van der Waals surface area contributed by atoms with Crippen molar-refractivity contribution < 1.29 is 4.79 Å². The zero-order valence-corrected chi connectivity index (χ0v) is 16.6. The van der Waals surface area contributed by atoms with Gasteiger partial charge in [-0.05, 0) is 74.0 Å². The molecule has 4 bridgehead atoms. The van der Waals surface area contributed by atoms with Crippen LogP contribution in [0.15, 0.2) is 30.6 Å². The molecule has 6 rings (SSSR count). The van der Waals surface area contributed by atoms with Gasteiger partial charge in [0.2, 0.25) is 5.91 Å². The van der Waals surface area contributed by atoms with Crippen molar-refractivity contribution in [3.63, 3.8) is 0 Å². The average molecular weight is 404 g/mol. The van der Waals surface area contributed by atoms with E-state index in [0.717, 1.165) is 48.3 Å². The SMILES string of the molecule is O=C(Nc1cnn(Cc2ccc(Cl)c(Cl)c2)c1)C12CC3CC(CC(C3)C1)C2. The first kappa shape index (κ1) is 17.6. The van der Waals surface area contributed by atoms with Gasteiger partial charge in [-0.25, -0.2) is 0 Å². The number of halogens is 2. The number of hydrogen-bond acceptors (Lipinski definition) is 2. The molecule has 4 aliphatic rings. The molecule has 4 nitrogen and oxygen atoms in total. The molecular formula is C21H23Cl2N3O. The number of aromatic nitrogens is 2. The van der Waals surface area contributed by atoms with Crippen LogP contribution in [0.3, 0.4) is 0 Å². The molecule has 0 saturated heterocycles. The molecule has 142 valence electrons. The molecule has 1 aromatic carbocycles. The lowest BCUT2D eigenvalue weighted by Crippen LogP contribution is -2.51. The van der Waals surface area contributed by atoms with Gasteiger partial charge in [-0.2, -0.15) is 5.10 Å². The van der Waals surface area contributed by atoms with E-state index in [1.54, 1.807) is 12.3 Å². The zero-order valence-electron chi connectivity index (χ0n) is 15.1. The maximum absolute atomic E-state index is 13.1. The van der Waals surface area contributed by atoms with Crippen LogP contribution in [-0.2, 0) is 11.3 Å². The fraction of sp³-hybridized carbons (Fsp3) is 0.524. The summed E-state index contributed by atoms with van der Waals surface area (Å²) in [6.07, 6.45) is 10.9. The van der Waals surface area contributed by atoms with E-state index in [4.69, 9.17) is 23.2 Å². The molecule has 1 heterocycles. The number of rotatable bonds is 4. The molecule has 4 aliphatic carbocycles. The van der Waals surface area contributed by atoms with E-state index in [0.29, 0.717) is 16.6 Å². The van der Waals surface area contributed by atoms with E-state index < -0.39 is 0 Å². The Balaban J connectivity index is 1.28. The fourth-order valence-corrected chi connectivity index (χ4v) is 6.31. The van der Waals surface area contributed by atoms with Crippen LogP contribution >= 0.6 is 23.2 Å². The predicted octanol–water partition coefficient (Wildman–Crippen LogP) is 5.39. The number of nitrogens with zero attached hydrogens (tertiary/aromatic N) is 2. The maximum atomic E-state index is 13.1. The predicted molar refractivity (Wildman–Crippen MR) is 107 cm³/mol. The van der Waals surface area contributed by atoms with Gasteiger partial charge in [-0.1, -0.05) is 29.3 Å². The topological polar surface area (TPSA) is 46.9 Å². The molecule has 0 spiro atoms. The molecule has 27 heavy (non-hydrogen) atoms. The number of carbonyl (C=O) groups is 1. The molecule has 2 aromatic rings. The molecule has 1 amide bonds. The van der Waals surface area contributed by atoms with Gasteiger partial charge in [0.1, 0.15) is 0 Å². The van der Waals surface area contributed by atoms with Crippen molar-refractivity contribution >= 4 is 34.8 Å². The first-order valence-corrected chi connectivity index (χ1v) is 10.5. The van der Waals surface area contributed by atoms with Gasteiger partial charge in [-0.3, -0.25) is 9.48 Å². The Morgan fingerprint density at radius 1 is 1.11 bits per heavy atom. The summed E-state index contributed by atoms with van der Waals surface area (Å²) in [6, 6.07) is 5.57. The first-order valence-electron chi connectivity index (χ1n) is 9.77. The highest BCUT2D eigenvalue weighted by Gasteiger charge is 2.54. The molecule has 4 fully saturated rings. The standard InChI is InChI=1S/C21H23Cl2N3O/c22-18-2-1-13(6-19(18)23)11-26-12-17(10-24-26)25-20(27)21-7-14-3-15(8-21)5-16(4-14)9-21/h1-2,6,10,12,14-16H,3-5,7-9,11H2,(H,25,27). The van der Waals surface area contributed by atoms with Gasteiger partial charge < -0.3 is 5.32 Å². The maximum Gasteiger partial charge on any atom is 0.230 e. The molecule has 4 saturated carbocycles. The molecule has 6 heteroatoms. The van der Waals surface area contributed by atoms with E-state index in [2.05, 4.69) is 10.4 Å². The van der Waals surface area contributed by atoms with Crippen LogP contribution in [0.5, 0.6) is 0 Å². The molecule has 0 radical (unpaired) electrons. The van der Waals surface area contributed by atoms with E-state index in [-0.39, 0.29) is 11.3 Å². The van der Waals surface area contributed by atoms with Crippen LogP contribution in [0.4, 0.5) is 5.69 Å². The third-order valence-corrected chi connectivity index (χ3v) is 7.48. The molecular weight excluding hydrogens is 381 g/mol. The van der Waals surface area contributed by atoms with Crippen LogP contribution in [0.25, 0.3) is 0 Å². The minimum atomic E-state index is -0.138. The van der Waals surface area contributed by atoms with Crippen molar-refractivity contribution in [3.05, 3.63) is 46.2 Å². The third kappa shape index (κ3) is 3.27. The largest absolute Gasteiger partial charge is 0.323 e. The number of benzene rings is 1. The van der Waals surface area contributed by atoms with Gasteiger partial charge >= 0.3 is 0 Å². The lowest BCUT2D eigenvalue weighted by atomic mass is 9.49. The van der Waals surface area contributed by atoms with Crippen molar-refractivity contribution in [1.82, 2.24) is 9.78 Å². The number of carbonyl (C=O) groups excluding carboxylic acids is 1. The Hall–Kier alpha value is -1.52. The lowest BCUT2D eigenvalue weighted by Gasteiger charge is -2.55. The van der Waals surface area contributed by atoms with Crippen molar-refractivity contribution in [1.29, 1.82) is 0 Å². The summed E-state index contributed by atoms with van der Waals surface area (Å²) in [6.45, 7) is 0.587. The van der Waals surface area contributed by atoms with Gasteiger partial charge in [-0.15, -0.1) is 0 Å². The normalized spacial score (nSPS) is 31.3. The Labute approximate surface area is 169 Å². The molecule has 1 N–H and O–H groups in total. The molecule has 0 atom stereocenters. The monoisotopic (exact) mass is 403 g/mol. The van der Waals surface area contributed by atoms with Crippen molar-refractivity contribution in [2.24, 2.45) is 23.2 Å². The Kier molecular flexibility index (Phi) is 4.25. The highest BCUT2D eigenvalue weighted by molar-refractivity contribution is 6.42. The Morgan fingerprint density at radius 2 is 1.78 bits per heavy atom. The fourth-order valence-electron chi connectivity index (χ4n) is 5.99. The average Bonchev–Trinajstić information content (AvgIpc) is 3.04. The van der Waals surface area contributed by atoms with E-state index in [9.17, 15) is 4.79 Å². The number of amides is 1. The van der Waals surface area contributed by atoms with Gasteiger partial charge in [0.25, 0.3) is 0 Å². The highest BCUT2D eigenvalue weighted by atomic mass is 35.5. The summed E-state index contributed by atoms with van der Waals surface area (Å²) in [5.74, 6) is 2.49. The quantitative estimate of drug-likeness (QED) is 0.743. The van der Waals surface area contributed by atoms with Crippen LogP contribution in [0.2, 0.25) is 10.0 Å². The van der Waals surface area contributed by atoms with Gasteiger partial charge in [0, 0.05) is 6.20 Å². The minimum Gasteiger partial charge on any atom is -0.323 e. The summed E-state index contributed by atoms with van der Waals surface area (Å²) in [4.78, 5) is 13.1. The molecule has 1 aromatic heterocycles. The number of nitrogens with one attached hydrogen (secondary N) is 1. The second-order valence-electron chi connectivity index (χ2n) is 8.83. The lowest BCUT2D eigenvalue weighted by molar-refractivity contribution is -0.140. The van der Waals surface area contributed by atoms with Crippen molar-refractivity contribution in [3.8, 4) is 0 Å². The Morgan fingerprint density at radius 3 is 2.41 bits per heavy atom. The van der Waals surface area contributed by atoms with Crippen LogP contribution in [0, 0.1) is 23.2 Å². The minimum absolute atomic E-state index is 0.138. The molecule has 0 aliphatic heterocycles. The number of hydrogen-bond donors (Lipinski definition) is 1. The van der Waals surface area contributed by atoms with E-state index in [1.165, 1.54) is 19.3 Å². The summed E-state index contributed by atoms with van der Waals surface area (Å²) in [5, 5.41) is 8.63.